The number of carbonyl (C=O) groups excluding carboxylic acids is 2. The van der Waals surface area contributed by atoms with E-state index in [-0.39, 0.29) is 18.1 Å². The highest BCUT2D eigenvalue weighted by Crippen LogP contribution is 2.27. The number of amides is 2. The van der Waals surface area contributed by atoms with Crippen molar-refractivity contribution in [3.8, 4) is 0 Å². The number of aromatic nitrogens is 4. The molecule has 24 heavy (non-hydrogen) atoms. The molecule has 9 nitrogen and oxygen atoms in total. The average molecular weight is 370 g/mol. The first kappa shape index (κ1) is 18.5. The summed E-state index contributed by atoms with van der Waals surface area (Å²) in [5, 5.41) is 9.82. The minimum atomic E-state index is -0.466. The monoisotopic (exact) mass is 370 g/mol. The van der Waals surface area contributed by atoms with Crippen LogP contribution >= 0.6 is 23.5 Å². The quantitative estimate of drug-likeness (QED) is 0.224. The van der Waals surface area contributed by atoms with Gasteiger partial charge < -0.3 is 21.1 Å². The van der Waals surface area contributed by atoms with Crippen molar-refractivity contribution in [2.45, 2.75) is 29.6 Å². The number of aryl methyl sites for hydroxylation is 1. The zero-order valence-corrected chi connectivity index (χ0v) is 14.5. The zero-order valence-electron chi connectivity index (χ0n) is 12.8. The summed E-state index contributed by atoms with van der Waals surface area (Å²) in [5.74, 6) is -0.792. The SMILES string of the molecule is NC(=O)CSc1nc(SCC(N)=O)c2ncn(CCCCO)c2n1. The van der Waals surface area contributed by atoms with E-state index in [1.807, 2.05) is 4.57 Å². The van der Waals surface area contributed by atoms with Crippen molar-refractivity contribution in [3.05, 3.63) is 6.33 Å². The first-order chi connectivity index (χ1) is 11.5. The Labute approximate surface area is 146 Å². The van der Waals surface area contributed by atoms with Gasteiger partial charge in [0.1, 0.15) is 10.5 Å². The van der Waals surface area contributed by atoms with E-state index < -0.39 is 11.8 Å². The summed E-state index contributed by atoms with van der Waals surface area (Å²) >= 11 is 2.30. The van der Waals surface area contributed by atoms with Crippen LogP contribution in [0, 0.1) is 0 Å². The van der Waals surface area contributed by atoms with Crippen molar-refractivity contribution < 1.29 is 14.7 Å². The number of unbranched alkanes of at least 4 members (excludes halogenated alkanes) is 1. The number of rotatable bonds is 10. The minimum Gasteiger partial charge on any atom is -0.396 e. The lowest BCUT2D eigenvalue weighted by Crippen LogP contribution is -2.14. The molecular weight excluding hydrogens is 352 g/mol. The summed E-state index contributed by atoms with van der Waals surface area (Å²) in [7, 11) is 0. The predicted octanol–water partition coefficient (Wildman–Crippen LogP) is -0.246. The Bertz CT molecular complexity index is 736. The molecule has 0 bridgehead atoms. The number of hydrogen-bond acceptors (Lipinski definition) is 8. The molecule has 0 spiro atoms. The van der Waals surface area contributed by atoms with Gasteiger partial charge in [0.05, 0.1) is 17.8 Å². The van der Waals surface area contributed by atoms with Gasteiger partial charge in [-0.15, -0.1) is 0 Å². The maximum atomic E-state index is 11.0. The van der Waals surface area contributed by atoms with Crippen LogP contribution in [0.15, 0.2) is 16.5 Å². The number of nitrogens with zero attached hydrogens (tertiary/aromatic N) is 4. The maximum Gasteiger partial charge on any atom is 0.227 e. The van der Waals surface area contributed by atoms with Crippen molar-refractivity contribution in [2.75, 3.05) is 18.1 Å². The topological polar surface area (TPSA) is 150 Å². The van der Waals surface area contributed by atoms with E-state index in [1.165, 1.54) is 11.8 Å². The first-order valence-electron chi connectivity index (χ1n) is 7.17. The molecule has 0 unspecified atom stereocenters. The second kappa shape index (κ2) is 8.85. The standard InChI is InChI=1S/C13H18N6O3S2/c14-8(21)5-23-12-10-11(17-13(18-12)24-6-9(15)22)19(7-16-10)3-1-2-4-20/h7,20H,1-6H2,(H2,14,21)(H2,15,22). The summed E-state index contributed by atoms with van der Waals surface area (Å²) in [6.45, 7) is 0.773. The molecule has 11 heteroatoms. The number of hydrogen-bond donors (Lipinski definition) is 3. The number of fused-ring (bicyclic) bond motifs is 1. The summed E-state index contributed by atoms with van der Waals surface area (Å²) in [6.07, 6.45) is 3.10. The molecule has 0 fully saturated rings. The number of aliphatic hydroxyl groups is 1. The smallest absolute Gasteiger partial charge is 0.227 e. The van der Waals surface area contributed by atoms with Gasteiger partial charge in [-0.05, 0) is 12.8 Å². The molecule has 5 N–H and O–H groups in total. The van der Waals surface area contributed by atoms with Crippen molar-refractivity contribution in [2.24, 2.45) is 11.5 Å². The van der Waals surface area contributed by atoms with E-state index in [0.29, 0.717) is 34.3 Å². The van der Waals surface area contributed by atoms with Crippen molar-refractivity contribution in [3.63, 3.8) is 0 Å². The van der Waals surface area contributed by atoms with Gasteiger partial charge in [-0.25, -0.2) is 15.0 Å². The lowest BCUT2D eigenvalue weighted by molar-refractivity contribution is -0.116. The Kier molecular flexibility index (Phi) is 6.82. The summed E-state index contributed by atoms with van der Waals surface area (Å²) in [6, 6.07) is 0. The van der Waals surface area contributed by atoms with Crippen LogP contribution in [-0.4, -0.2) is 54.6 Å². The highest BCUT2D eigenvalue weighted by molar-refractivity contribution is 8.00. The normalized spacial score (nSPS) is 11.0. The Hall–Kier alpha value is -1.85. The Morgan fingerprint density at radius 1 is 1.12 bits per heavy atom. The molecule has 0 saturated heterocycles. The molecule has 0 aromatic carbocycles. The van der Waals surface area contributed by atoms with Crippen LogP contribution in [0.3, 0.4) is 0 Å². The third-order valence-electron chi connectivity index (χ3n) is 2.91. The van der Waals surface area contributed by atoms with E-state index in [1.54, 1.807) is 6.33 Å². The number of thioether (sulfide) groups is 2. The van der Waals surface area contributed by atoms with Gasteiger partial charge in [0.2, 0.25) is 11.8 Å². The number of nitrogens with two attached hydrogens (primary N) is 2. The van der Waals surface area contributed by atoms with Gasteiger partial charge >= 0.3 is 0 Å². The molecule has 0 atom stereocenters. The molecule has 2 rings (SSSR count). The molecule has 2 aromatic rings. The number of aliphatic hydroxyl groups excluding tert-OH is 1. The minimum absolute atomic E-state index is 0.0596. The molecular formula is C13H18N6O3S2. The third-order valence-corrected chi connectivity index (χ3v) is 4.77. The van der Waals surface area contributed by atoms with Crippen LogP contribution in [0.2, 0.25) is 0 Å². The fourth-order valence-electron chi connectivity index (χ4n) is 1.90. The van der Waals surface area contributed by atoms with Gasteiger partial charge in [-0.1, -0.05) is 23.5 Å². The van der Waals surface area contributed by atoms with Crippen molar-refractivity contribution in [1.82, 2.24) is 19.5 Å². The summed E-state index contributed by atoms with van der Waals surface area (Å²) in [5.41, 5.74) is 11.5. The lowest BCUT2D eigenvalue weighted by atomic mass is 10.3. The summed E-state index contributed by atoms with van der Waals surface area (Å²) < 4.78 is 1.86. The molecule has 0 aliphatic heterocycles. The van der Waals surface area contributed by atoms with Gasteiger partial charge in [-0.2, -0.15) is 0 Å². The highest BCUT2D eigenvalue weighted by atomic mass is 32.2. The van der Waals surface area contributed by atoms with Gasteiger partial charge in [-0.3, -0.25) is 9.59 Å². The lowest BCUT2D eigenvalue weighted by Gasteiger charge is -2.06. The zero-order chi connectivity index (χ0) is 17.5. The van der Waals surface area contributed by atoms with Crippen LogP contribution in [-0.2, 0) is 16.1 Å². The number of primary amides is 2. The number of carbonyl (C=O) groups is 2. The molecule has 0 aliphatic carbocycles. The highest BCUT2D eigenvalue weighted by Gasteiger charge is 2.15. The van der Waals surface area contributed by atoms with Crippen LogP contribution in [0.4, 0.5) is 0 Å². The molecule has 0 aliphatic rings. The van der Waals surface area contributed by atoms with E-state index >= 15 is 0 Å². The average Bonchev–Trinajstić information content (AvgIpc) is 2.94. The Morgan fingerprint density at radius 3 is 2.50 bits per heavy atom. The third kappa shape index (κ3) is 5.08. The summed E-state index contributed by atoms with van der Waals surface area (Å²) in [4.78, 5) is 35.1. The molecule has 0 radical (unpaired) electrons. The van der Waals surface area contributed by atoms with Crippen molar-refractivity contribution in [1.29, 1.82) is 0 Å². The fraction of sp³-hybridized carbons (Fsp3) is 0.462. The maximum absolute atomic E-state index is 11.0. The second-order valence-corrected chi connectivity index (χ2v) is 6.77. The molecule has 130 valence electrons. The van der Waals surface area contributed by atoms with E-state index in [2.05, 4.69) is 15.0 Å². The van der Waals surface area contributed by atoms with Crippen molar-refractivity contribution >= 4 is 46.5 Å². The Balaban J connectivity index is 2.33. The molecule has 2 heterocycles. The molecule has 2 amide bonds. The fourth-order valence-corrected chi connectivity index (χ4v) is 3.24. The van der Waals surface area contributed by atoms with E-state index in [4.69, 9.17) is 16.6 Å². The van der Waals surface area contributed by atoms with Crippen LogP contribution < -0.4 is 11.5 Å². The van der Waals surface area contributed by atoms with Gasteiger partial charge in [0.25, 0.3) is 0 Å². The first-order valence-corrected chi connectivity index (χ1v) is 9.14. The predicted molar refractivity (Wildman–Crippen MR) is 91.5 cm³/mol. The van der Waals surface area contributed by atoms with Crippen LogP contribution in [0.1, 0.15) is 12.8 Å². The molecule has 2 aromatic heterocycles. The Morgan fingerprint density at radius 2 is 1.83 bits per heavy atom. The largest absolute Gasteiger partial charge is 0.396 e. The van der Waals surface area contributed by atoms with Crippen LogP contribution in [0.25, 0.3) is 11.2 Å². The van der Waals surface area contributed by atoms with Crippen LogP contribution in [0.5, 0.6) is 0 Å². The number of imidazole rings is 1. The van der Waals surface area contributed by atoms with E-state index in [9.17, 15) is 9.59 Å². The van der Waals surface area contributed by atoms with Gasteiger partial charge in [0, 0.05) is 13.2 Å². The molecule has 0 saturated carbocycles. The van der Waals surface area contributed by atoms with E-state index in [0.717, 1.165) is 18.2 Å². The second-order valence-electron chi connectivity index (χ2n) is 4.86. The van der Waals surface area contributed by atoms with Gasteiger partial charge in [0.15, 0.2) is 10.8 Å².